The van der Waals surface area contributed by atoms with Crippen molar-refractivity contribution in [3.8, 4) is 11.4 Å². The molecule has 2 aromatic heterocycles. The maximum Gasteiger partial charge on any atom is 0.243 e. The van der Waals surface area contributed by atoms with E-state index in [4.69, 9.17) is 4.42 Å². The van der Waals surface area contributed by atoms with Crippen molar-refractivity contribution in [3.63, 3.8) is 0 Å². The lowest BCUT2D eigenvalue weighted by Gasteiger charge is -2.19. The average Bonchev–Trinajstić information content (AvgIpc) is 3.29. The van der Waals surface area contributed by atoms with Gasteiger partial charge in [-0.3, -0.25) is 4.79 Å². The normalized spacial score (nSPS) is 10.8. The molecule has 7 heteroatoms. The van der Waals surface area contributed by atoms with Crippen molar-refractivity contribution in [1.82, 2.24) is 24.6 Å². The molecule has 0 spiro atoms. The van der Waals surface area contributed by atoms with Gasteiger partial charge in [-0.1, -0.05) is 37.3 Å². The summed E-state index contributed by atoms with van der Waals surface area (Å²) in [4.78, 5) is 18.8. The largest absolute Gasteiger partial charge is 0.423 e. The van der Waals surface area contributed by atoms with Crippen LogP contribution in [-0.4, -0.2) is 37.1 Å². The smallest absolute Gasteiger partial charge is 0.243 e. The quantitative estimate of drug-likeness (QED) is 0.661. The Morgan fingerprint density at radius 1 is 1.16 bits per heavy atom. The second-order valence-electron chi connectivity index (χ2n) is 5.60. The van der Waals surface area contributed by atoms with Crippen LogP contribution in [0.4, 0.5) is 0 Å². The molecule has 0 aliphatic heterocycles. The summed E-state index contributed by atoms with van der Waals surface area (Å²) in [5, 5.41) is 7.93. The van der Waals surface area contributed by atoms with Crippen molar-refractivity contribution < 1.29 is 9.21 Å². The molecule has 0 saturated carbocycles. The fourth-order valence-corrected chi connectivity index (χ4v) is 2.56. The zero-order valence-electron chi connectivity index (χ0n) is 14.4. The zero-order chi connectivity index (χ0) is 17.6. The molecule has 0 unspecified atom stereocenters. The van der Waals surface area contributed by atoms with Gasteiger partial charge in [0.05, 0.1) is 6.54 Å². The van der Waals surface area contributed by atoms with Crippen molar-refractivity contribution >= 4 is 5.91 Å². The number of amides is 1. The number of carbonyl (C=O) groups excluding carboxylic acids is 1. The molecule has 0 aliphatic rings. The molecule has 0 fully saturated rings. The number of benzene rings is 1. The van der Waals surface area contributed by atoms with Gasteiger partial charge >= 0.3 is 0 Å². The molecule has 0 radical (unpaired) electrons. The van der Waals surface area contributed by atoms with Crippen molar-refractivity contribution in [1.29, 1.82) is 0 Å². The zero-order valence-corrected chi connectivity index (χ0v) is 14.4. The van der Waals surface area contributed by atoms with Crippen molar-refractivity contribution in [2.45, 2.75) is 33.4 Å². The fourth-order valence-electron chi connectivity index (χ4n) is 2.56. The van der Waals surface area contributed by atoms with Crippen LogP contribution < -0.4 is 0 Å². The molecule has 1 aromatic carbocycles. The molecule has 2 heterocycles. The van der Waals surface area contributed by atoms with Gasteiger partial charge < -0.3 is 13.9 Å². The van der Waals surface area contributed by atoms with E-state index < -0.39 is 0 Å². The molecule has 3 rings (SSSR count). The molecule has 7 nitrogen and oxygen atoms in total. The van der Waals surface area contributed by atoms with Crippen LogP contribution in [0.3, 0.4) is 0 Å². The van der Waals surface area contributed by atoms with Gasteiger partial charge in [-0.25, -0.2) is 4.98 Å². The second kappa shape index (κ2) is 7.74. The van der Waals surface area contributed by atoms with Crippen molar-refractivity contribution in [2.75, 3.05) is 6.54 Å². The highest BCUT2D eigenvalue weighted by Crippen LogP contribution is 2.17. The predicted octanol–water partition coefficient (Wildman–Crippen LogP) is 2.54. The molecule has 0 aliphatic carbocycles. The van der Waals surface area contributed by atoms with E-state index in [2.05, 4.69) is 15.2 Å². The van der Waals surface area contributed by atoms with E-state index in [0.717, 1.165) is 11.4 Å². The first-order valence-corrected chi connectivity index (χ1v) is 8.36. The van der Waals surface area contributed by atoms with Crippen LogP contribution in [0.5, 0.6) is 0 Å². The maximum absolute atomic E-state index is 12.7. The van der Waals surface area contributed by atoms with Gasteiger partial charge in [0.25, 0.3) is 0 Å². The molecule has 0 saturated heterocycles. The number of hydrogen-bond acceptors (Lipinski definition) is 5. The third kappa shape index (κ3) is 3.93. The number of aromatic nitrogens is 4. The van der Waals surface area contributed by atoms with Gasteiger partial charge in [0.15, 0.2) is 0 Å². The number of hydrogen-bond donors (Lipinski definition) is 0. The van der Waals surface area contributed by atoms with Crippen LogP contribution in [0, 0.1) is 0 Å². The summed E-state index contributed by atoms with van der Waals surface area (Å²) >= 11 is 0. The first-order chi connectivity index (χ1) is 12.2. The Labute approximate surface area is 146 Å². The van der Waals surface area contributed by atoms with E-state index >= 15 is 0 Å². The van der Waals surface area contributed by atoms with E-state index in [9.17, 15) is 4.79 Å². The third-order valence-electron chi connectivity index (χ3n) is 3.92. The SMILES string of the molecule is CCc1nnc(CN(CC)C(=O)Cn2ccnc2-c2ccccc2)o1. The minimum Gasteiger partial charge on any atom is -0.423 e. The summed E-state index contributed by atoms with van der Waals surface area (Å²) in [6, 6.07) is 9.82. The molecule has 0 bridgehead atoms. The van der Waals surface area contributed by atoms with E-state index in [1.165, 1.54) is 0 Å². The van der Waals surface area contributed by atoms with Gasteiger partial charge in [0.1, 0.15) is 12.4 Å². The van der Waals surface area contributed by atoms with Crippen LogP contribution in [0.15, 0.2) is 47.1 Å². The van der Waals surface area contributed by atoms with Crippen LogP contribution >= 0.6 is 0 Å². The highest BCUT2D eigenvalue weighted by atomic mass is 16.4. The monoisotopic (exact) mass is 339 g/mol. The first kappa shape index (κ1) is 16.9. The van der Waals surface area contributed by atoms with Gasteiger partial charge in [0.2, 0.25) is 17.7 Å². The summed E-state index contributed by atoms with van der Waals surface area (Å²) in [6.45, 7) is 4.98. The minimum atomic E-state index is -0.0195. The van der Waals surface area contributed by atoms with Crippen molar-refractivity contribution in [3.05, 3.63) is 54.5 Å². The highest BCUT2D eigenvalue weighted by molar-refractivity contribution is 5.76. The van der Waals surface area contributed by atoms with E-state index in [0.29, 0.717) is 31.3 Å². The maximum atomic E-state index is 12.7. The lowest BCUT2D eigenvalue weighted by Crippen LogP contribution is -2.33. The third-order valence-corrected chi connectivity index (χ3v) is 3.92. The summed E-state index contributed by atoms with van der Waals surface area (Å²) in [7, 11) is 0. The molecule has 3 aromatic rings. The lowest BCUT2D eigenvalue weighted by molar-refractivity contribution is -0.132. The molecule has 1 amide bonds. The Hall–Kier alpha value is -2.96. The fraction of sp³-hybridized carbons (Fsp3) is 0.333. The van der Waals surface area contributed by atoms with Gasteiger partial charge in [0, 0.05) is 30.9 Å². The number of rotatable bonds is 7. The van der Waals surface area contributed by atoms with Crippen LogP contribution in [0.2, 0.25) is 0 Å². The standard InChI is InChI=1S/C18H21N5O2/c1-3-15-20-21-16(25-15)12-22(4-2)17(24)13-23-11-10-19-18(23)14-8-6-5-7-9-14/h5-11H,3-4,12-13H2,1-2H3. The minimum absolute atomic E-state index is 0.0195. The Kier molecular flexibility index (Phi) is 5.23. The van der Waals surface area contributed by atoms with E-state index in [1.807, 2.05) is 54.9 Å². The van der Waals surface area contributed by atoms with Crippen LogP contribution in [0.1, 0.15) is 25.6 Å². The number of likely N-dealkylation sites (N-methyl/N-ethyl adjacent to an activating group) is 1. The van der Waals surface area contributed by atoms with Crippen molar-refractivity contribution in [2.24, 2.45) is 0 Å². The van der Waals surface area contributed by atoms with Gasteiger partial charge in [-0.2, -0.15) is 0 Å². The summed E-state index contributed by atoms with van der Waals surface area (Å²) in [5.41, 5.74) is 0.979. The Morgan fingerprint density at radius 3 is 2.60 bits per heavy atom. The Balaban J connectivity index is 1.71. The lowest BCUT2D eigenvalue weighted by atomic mass is 10.2. The molecule has 0 atom stereocenters. The van der Waals surface area contributed by atoms with E-state index in [1.54, 1.807) is 11.1 Å². The summed E-state index contributed by atoms with van der Waals surface area (Å²) in [6.07, 6.45) is 4.20. The topological polar surface area (TPSA) is 77.1 Å². The van der Waals surface area contributed by atoms with Gasteiger partial charge in [-0.05, 0) is 6.92 Å². The second-order valence-corrected chi connectivity index (χ2v) is 5.60. The van der Waals surface area contributed by atoms with Crippen LogP contribution in [-0.2, 0) is 24.3 Å². The first-order valence-electron chi connectivity index (χ1n) is 8.36. The number of carbonyl (C=O) groups is 1. The number of aryl methyl sites for hydroxylation is 1. The molecular formula is C18H21N5O2. The Morgan fingerprint density at radius 2 is 1.92 bits per heavy atom. The van der Waals surface area contributed by atoms with Crippen LogP contribution in [0.25, 0.3) is 11.4 Å². The predicted molar refractivity (Wildman–Crippen MR) is 92.4 cm³/mol. The van der Waals surface area contributed by atoms with Gasteiger partial charge in [-0.15, -0.1) is 10.2 Å². The summed E-state index contributed by atoms with van der Waals surface area (Å²) in [5.74, 6) is 1.80. The average molecular weight is 339 g/mol. The molecule has 25 heavy (non-hydrogen) atoms. The number of nitrogens with zero attached hydrogens (tertiary/aromatic N) is 5. The molecule has 0 N–H and O–H groups in total. The molecule has 130 valence electrons. The molecular weight excluding hydrogens is 318 g/mol. The van der Waals surface area contributed by atoms with E-state index in [-0.39, 0.29) is 12.5 Å². The summed E-state index contributed by atoms with van der Waals surface area (Å²) < 4.78 is 7.36. The Bertz CT molecular complexity index is 825. The highest BCUT2D eigenvalue weighted by Gasteiger charge is 2.17. The number of imidazole rings is 1.